The van der Waals surface area contributed by atoms with Crippen LogP contribution < -0.4 is 0 Å². The highest BCUT2D eigenvalue weighted by Gasteiger charge is 1.95. The molecule has 0 aromatic rings. The molecule has 11 heavy (non-hydrogen) atoms. The number of likely N-dealkylation sites (N-methyl/N-ethyl adjacent to an activating group) is 1. The Morgan fingerprint density at radius 3 is 2.27 bits per heavy atom. The summed E-state index contributed by atoms with van der Waals surface area (Å²) in [6, 6.07) is 0. The van der Waals surface area contributed by atoms with Gasteiger partial charge in [0.1, 0.15) is 5.78 Å². The molecule has 0 atom stereocenters. The van der Waals surface area contributed by atoms with Crippen LogP contribution in [0, 0.1) is 0 Å². The number of hydrogen-bond donors (Lipinski definition) is 0. The predicted octanol–water partition coefficient (Wildman–Crippen LogP) is 0.610. The summed E-state index contributed by atoms with van der Waals surface area (Å²) < 4.78 is 0. The van der Waals surface area contributed by atoms with Gasteiger partial charge in [0.05, 0.1) is 0 Å². The average Bonchev–Trinajstić information content (AvgIpc) is 1.86. The molecular weight excluding hydrogens is 142 g/mol. The Balaban J connectivity index is 3.75. The van der Waals surface area contributed by atoms with Crippen molar-refractivity contribution < 1.29 is 9.59 Å². The Morgan fingerprint density at radius 1 is 1.36 bits per heavy atom. The molecule has 0 heterocycles. The Hall–Kier alpha value is -1.12. The molecule has 0 fully saturated rings. The average molecular weight is 155 g/mol. The first-order valence-electron chi connectivity index (χ1n) is 3.41. The fraction of sp³-hybridized carbons (Fsp3) is 0.500. The van der Waals surface area contributed by atoms with Crippen molar-refractivity contribution in [3.05, 3.63) is 12.2 Å². The molecule has 3 nitrogen and oxygen atoms in total. The van der Waals surface area contributed by atoms with Crippen molar-refractivity contribution in [2.75, 3.05) is 14.1 Å². The monoisotopic (exact) mass is 155 g/mol. The van der Waals surface area contributed by atoms with E-state index in [4.69, 9.17) is 0 Å². The first-order valence-corrected chi connectivity index (χ1v) is 3.41. The van der Waals surface area contributed by atoms with Crippen LogP contribution in [0.5, 0.6) is 0 Å². The lowest BCUT2D eigenvalue weighted by molar-refractivity contribution is -0.123. The normalized spacial score (nSPS) is 10.1. The zero-order valence-corrected chi connectivity index (χ0v) is 7.13. The van der Waals surface area contributed by atoms with Gasteiger partial charge in [-0.15, -0.1) is 0 Å². The quantitative estimate of drug-likeness (QED) is 0.560. The summed E-state index contributed by atoms with van der Waals surface area (Å²) in [6.45, 7) is 1.49. The number of carbonyl (C=O) groups is 2. The molecule has 1 amide bonds. The number of nitrogens with zero attached hydrogens (tertiary/aromatic N) is 1. The van der Waals surface area contributed by atoms with Gasteiger partial charge in [-0.2, -0.15) is 0 Å². The first kappa shape index (κ1) is 9.88. The van der Waals surface area contributed by atoms with E-state index in [-0.39, 0.29) is 11.7 Å². The van der Waals surface area contributed by atoms with E-state index in [1.807, 2.05) is 0 Å². The molecule has 0 aliphatic rings. The lowest BCUT2D eigenvalue weighted by Crippen LogP contribution is -2.18. The van der Waals surface area contributed by atoms with Crippen molar-refractivity contribution >= 4 is 11.7 Å². The topological polar surface area (TPSA) is 37.4 Å². The van der Waals surface area contributed by atoms with E-state index < -0.39 is 0 Å². The molecule has 0 rings (SSSR count). The van der Waals surface area contributed by atoms with Crippen LogP contribution in [0.4, 0.5) is 0 Å². The van der Waals surface area contributed by atoms with Crippen LogP contribution in [-0.4, -0.2) is 30.7 Å². The number of hydrogen-bond acceptors (Lipinski definition) is 2. The van der Waals surface area contributed by atoms with Crippen LogP contribution >= 0.6 is 0 Å². The van der Waals surface area contributed by atoms with E-state index in [9.17, 15) is 9.59 Å². The largest absolute Gasteiger partial charge is 0.345 e. The van der Waals surface area contributed by atoms with E-state index in [0.29, 0.717) is 6.42 Å². The number of ketones is 1. The van der Waals surface area contributed by atoms with Crippen molar-refractivity contribution in [2.45, 2.75) is 13.3 Å². The second kappa shape index (κ2) is 4.66. The molecular formula is C8H13NO2. The van der Waals surface area contributed by atoms with E-state index in [1.54, 1.807) is 20.2 Å². The van der Waals surface area contributed by atoms with E-state index >= 15 is 0 Å². The van der Waals surface area contributed by atoms with Crippen molar-refractivity contribution in [3.8, 4) is 0 Å². The lowest BCUT2D eigenvalue weighted by atomic mass is 10.3. The lowest BCUT2D eigenvalue weighted by Gasteiger charge is -2.04. The Labute approximate surface area is 66.7 Å². The number of amides is 1. The van der Waals surface area contributed by atoms with Gasteiger partial charge < -0.3 is 4.90 Å². The van der Waals surface area contributed by atoms with Gasteiger partial charge in [-0.25, -0.2) is 0 Å². The molecule has 0 saturated carbocycles. The zero-order valence-electron chi connectivity index (χ0n) is 7.13. The van der Waals surface area contributed by atoms with E-state index in [1.165, 1.54) is 17.9 Å². The van der Waals surface area contributed by atoms with Crippen LogP contribution in [0.15, 0.2) is 12.2 Å². The molecule has 3 heteroatoms. The van der Waals surface area contributed by atoms with Gasteiger partial charge in [0.15, 0.2) is 0 Å². The molecule has 0 bridgehead atoms. The minimum atomic E-state index is -0.0914. The molecule has 0 radical (unpaired) electrons. The van der Waals surface area contributed by atoms with Gasteiger partial charge in [-0.05, 0) is 13.0 Å². The third-order valence-electron chi connectivity index (χ3n) is 1.11. The summed E-state index contributed by atoms with van der Waals surface area (Å²) in [5.74, 6) is -0.0287. The van der Waals surface area contributed by atoms with Crippen LogP contribution in [-0.2, 0) is 9.59 Å². The van der Waals surface area contributed by atoms with Crippen molar-refractivity contribution in [1.82, 2.24) is 4.90 Å². The van der Waals surface area contributed by atoms with Crippen LogP contribution in [0.3, 0.4) is 0 Å². The standard InChI is InChI=1S/C8H13NO2/c1-7(10)5-4-6-8(11)9(2)3/h4,6H,5H2,1-3H3. The molecule has 0 unspecified atom stereocenters. The third-order valence-corrected chi connectivity index (χ3v) is 1.11. The predicted molar refractivity (Wildman–Crippen MR) is 43.1 cm³/mol. The summed E-state index contributed by atoms with van der Waals surface area (Å²) in [4.78, 5) is 22.7. The van der Waals surface area contributed by atoms with Gasteiger partial charge in [0, 0.05) is 20.5 Å². The summed E-state index contributed by atoms with van der Waals surface area (Å²) >= 11 is 0. The van der Waals surface area contributed by atoms with Crippen LogP contribution in [0.1, 0.15) is 13.3 Å². The molecule has 0 spiro atoms. The fourth-order valence-corrected chi connectivity index (χ4v) is 0.475. The number of carbonyl (C=O) groups excluding carboxylic acids is 2. The van der Waals surface area contributed by atoms with Crippen molar-refractivity contribution in [1.29, 1.82) is 0 Å². The highest BCUT2D eigenvalue weighted by atomic mass is 16.2. The number of allylic oxidation sites excluding steroid dienone is 1. The van der Waals surface area contributed by atoms with Crippen molar-refractivity contribution in [3.63, 3.8) is 0 Å². The first-order chi connectivity index (χ1) is 5.04. The summed E-state index contributed by atoms with van der Waals surface area (Å²) in [5, 5.41) is 0. The van der Waals surface area contributed by atoms with Gasteiger partial charge in [0.25, 0.3) is 0 Å². The Bertz CT molecular complexity index is 183. The summed E-state index contributed by atoms with van der Waals surface area (Å²) in [7, 11) is 3.33. The summed E-state index contributed by atoms with van der Waals surface area (Å²) in [5.41, 5.74) is 0. The van der Waals surface area contributed by atoms with Gasteiger partial charge >= 0.3 is 0 Å². The SMILES string of the molecule is CC(=O)CC=CC(=O)N(C)C. The maximum absolute atomic E-state index is 10.9. The minimum Gasteiger partial charge on any atom is -0.345 e. The highest BCUT2D eigenvalue weighted by molar-refractivity contribution is 5.88. The van der Waals surface area contributed by atoms with E-state index in [2.05, 4.69) is 0 Å². The maximum atomic E-state index is 10.9. The van der Waals surface area contributed by atoms with E-state index in [0.717, 1.165) is 0 Å². The molecule has 0 aromatic carbocycles. The second-order valence-electron chi connectivity index (χ2n) is 2.54. The number of rotatable bonds is 3. The Morgan fingerprint density at radius 2 is 1.91 bits per heavy atom. The van der Waals surface area contributed by atoms with Crippen molar-refractivity contribution in [2.24, 2.45) is 0 Å². The fourth-order valence-electron chi connectivity index (χ4n) is 0.475. The van der Waals surface area contributed by atoms with Crippen LogP contribution in [0.25, 0.3) is 0 Å². The molecule has 0 saturated heterocycles. The second-order valence-corrected chi connectivity index (χ2v) is 2.54. The third kappa shape index (κ3) is 5.33. The molecule has 0 aliphatic heterocycles. The number of Topliss-reactive ketones (excluding diaryl/α,β-unsaturated/α-hetero) is 1. The van der Waals surface area contributed by atoms with Gasteiger partial charge in [-0.3, -0.25) is 9.59 Å². The summed E-state index contributed by atoms with van der Waals surface area (Å²) in [6.07, 6.45) is 3.31. The van der Waals surface area contributed by atoms with Gasteiger partial charge in [-0.1, -0.05) is 6.08 Å². The molecule has 0 aromatic heterocycles. The highest BCUT2D eigenvalue weighted by Crippen LogP contribution is 1.87. The molecule has 0 N–H and O–H groups in total. The molecule has 62 valence electrons. The zero-order chi connectivity index (χ0) is 8.85. The minimum absolute atomic E-state index is 0.0628. The molecule has 0 aliphatic carbocycles. The Kier molecular flexibility index (Phi) is 4.18. The maximum Gasteiger partial charge on any atom is 0.245 e. The van der Waals surface area contributed by atoms with Crippen LogP contribution in [0.2, 0.25) is 0 Å². The smallest absolute Gasteiger partial charge is 0.245 e. The van der Waals surface area contributed by atoms with Gasteiger partial charge in [0.2, 0.25) is 5.91 Å².